The highest BCUT2D eigenvalue weighted by Gasteiger charge is 2.16. The minimum Gasteiger partial charge on any atom is -0.444 e. The Hall–Kier alpha value is -1.62. The third-order valence-corrected chi connectivity index (χ3v) is 2.58. The van der Waals surface area contributed by atoms with E-state index >= 15 is 0 Å². The summed E-state index contributed by atoms with van der Waals surface area (Å²) < 4.78 is 31.1. The Bertz CT molecular complexity index is 519. The number of carbonyl (C=O) groups is 1. The lowest BCUT2D eigenvalue weighted by molar-refractivity contribution is 0.0532. The molecule has 0 unspecified atom stereocenters. The van der Waals surface area contributed by atoms with Crippen molar-refractivity contribution in [2.75, 3.05) is 6.54 Å². The van der Waals surface area contributed by atoms with Crippen LogP contribution in [-0.2, 0) is 11.2 Å². The first-order chi connectivity index (χ1) is 9.69. The molecule has 0 bridgehead atoms. The molecule has 1 aromatic carbocycles. The van der Waals surface area contributed by atoms with Crippen molar-refractivity contribution >= 4 is 17.7 Å². The monoisotopic (exact) mass is 317 g/mol. The maximum absolute atomic E-state index is 13.2. The van der Waals surface area contributed by atoms with Crippen LogP contribution in [0.2, 0.25) is 5.02 Å². The Morgan fingerprint density at radius 1 is 1.38 bits per heavy atom. The fraction of sp³-hybridized carbons (Fsp3) is 0.400. The van der Waals surface area contributed by atoms with E-state index in [-0.39, 0.29) is 23.6 Å². The van der Waals surface area contributed by atoms with Gasteiger partial charge in [-0.3, -0.25) is 0 Å². The molecular formula is C15H18ClF2NO2. The van der Waals surface area contributed by atoms with Gasteiger partial charge in [0.15, 0.2) is 0 Å². The van der Waals surface area contributed by atoms with E-state index in [0.29, 0.717) is 11.9 Å². The second-order valence-corrected chi connectivity index (χ2v) is 6.01. The van der Waals surface area contributed by atoms with Gasteiger partial charge in [0, 0.05) is 11.6 Å². The normalized spacial score (nSPS) is 12.2. The molecule has 0 aliphatic carbocycles. The molecule has 116 valence electrons. The highest BCUT2D eigenvalue weighted by molar-refractivity contribution is 6.30. The Kier molecular flexibility index (Phi) is 6.15. The molecule has 1 amide bonds. The van der Waals surface area contributed by atoms with Gasteiger partial charge >= 0.3 is 6.09 Å². The molecule has 0 aliphatic rings. The number of alkyl carbamates (subject to hydrolysis) is 1. The van der Waals surface area contributed by atoms with Crippen LogP contribution in [0.5, 0.6) is 0 Å². The highest BCUT2D eigenvalue weighted by Crippen LogP contribution is 2.17. The van der Waals surface area contributed by atoms with Gasteiger partial charge in [0.1, 0.15) is 11.4 Å². The molecule has 3 nitrogen and oxygen atoms in total. The number of benzene rings is 1. The summed E-state index contributed by atoms with van der Waals surface area (Å²) in [5.41, 5.74) is 0.178. The number of nitrogens with one attached hydrogen (secondary N) is 1. The Labute approximate surface area is 127 Å². The van der Waals surface area contributed by atoms with E-state index < -0.39 is 17.5 Å². The minimum atomic E-state index is -0.640. The summed E-state index contributed by atoms with van der Waals surface area (Å²) in [6, 6.07) is 3.98. The molecule has 6 heteroatoms. The van der Waals surface area contributed by atoms with Crippen molar-refractivity contribution in [1.29, 1.82) is 0 Å². The van der Waals surface area contributed by atoms with E-state index in [2.05, 4.69) is 5.32 Å². The summed E-state index contributed by atoms with van der Waals surface area (Å²) in [6.45, 7) is 5.16. The molecule has 21 heavy (non-hydrogen) atoms. The number of halogens is 3. The number of amides is 1. The van der Waals surface area contributed by atoms with Crippen LogP contribution < -0.4 is 5.32 Å². The molecule has 0 saturated carbocycles. The maximum atomic E-state index is 13.2. The van der Waals surface area contributed by atoms with E-state index in [1.165, 1.54) is 12.1 Å². The molecular weight excluding hydrogens is 300 g/mol. The van der Waals surface area contributed by atoms with E-state index in [0.717, 1.165) is 0 Å². The summed E-state index contributed by atoms with van der Waals surface area (Å²) in [4.78, 5) is 11.5. The van der Waals surface area contributed by atoms with Crippen molar-refractivity contribution < 1.29 is 18.3 Å². The average molecular weight is 318 g/mol. The van der Waals surface area contributed by atoms with Gasteiger partial charge in [0.25, 0.3) is 0 Å². The lowest BCUT2D eigenvalue weighted by Crippen LogP contribution is -2.33. The van der Waals surface area contributed by atoms with Crippen molar-refractivity contribution in [3.8, 4) is 0 Å². The molecule has 0 aromatic heterocycles. The van der Waals surface area contributed by atoms with Crippen LogP contribution in [0.25, 0.3) is 0 Å². The SMILES string of the molecule is CC(C)(C)OC(=O)NCC(=CF)Cc1cc(F)cc(Cl)c1. The molecule has 0 saturated heterocycles. The summed E-state index contributed by atoms with van der Waals surface area (Å²) in [6.07, 6.45) is -0.112. The smallest absolute Gasteiger partial charge is 0.407 e. The number of carbonyl (C=O) groups excluding carboxylic acids is 1. The molecule has 1 rings (SSSR count). The lowest BCUT2D eigenvalue weighted by Gasteiger charge is -2.20. The first kappa shape index (κ1) is 17.4. The number of ether oxygens (including phenoxy) is 1. The van der Waals surface area contributed by atoms with Crippen LogP contribution >= 0.6 is 11.6 Å². The van der Waals surface area contributed by atoms with E-state index in [1.807, 2.05) is 0 Å². The lowest BCUT2D eigenvalue weighted by atomic mass is 10.1. The molecule has 1 aromatic rings. The number of rotatable bonds is 4. The first-order valence-corrected chi connectivity index (χ1v) is 6.77. The van der Waals surface area contributed by atoms with Gasteiger partial charge in [-0.05, 0) is 56.5 Å². The number of hydrogen-bond donors (Lipinski definition) is 1. The zero-order valence-corrected chi connectivity index (χ0v) is 12.9. The van der Waals surface area contributed by atoms with Crippen LogP contribution in [-0.4, -0.2) is 18.2 Å². The van der Waals surface area contributed by atoms with Crippen LogP contribution in [0, 0.1) is 5.82 Å². The second-order valence-electron chi connectivity index (χ2n) is 5.58. The molecule has 1 N–H and O–H groups in total. The van der Waals surface area contributed by atoms with Crippen LogP contribution in [0.3, 0.4) is 0 Å². The van der Waals surface area contributed by atoms with Crippen molar-refractivity contribution in [3.63, 3.8) is 0 Å². The Morgan fingerprint density at radius 3 is 2.57 bits per heavy atom. The van der Waals surface area contributed by atoms with E-state index in [1.54, 1.807) is 26.8 Å². The van der Waals surface area contributed by atoms with Gasteiger partial charge in [-0.25, -0.2) is 13.6 Å². The average Bonchev–Trinajstić information content (AvgIpc) is 2.31. The third kappa shape index (κ3) is 7.09. The molecule has 0 fully saturated rings. The Balaban J connectivity index is 2.59. The topological polar surface area (TPSA) is 38.3 Å². The fourth-order valence-corrected chi connectivity index (χ4v) is 1.86. The van der Waals surface area contributed by atoms with Crippen molar-refractivity contribution in [1.82, 2.24) is 5.32 Å². The van der Waals surface area contributed by atoms with Gasteiger partial charge in [-0.15, -0.1) is 0 Å². The largest absolute Gasteiger partial charge is 0.444 e. The fourth-order valence-electron chi connectivity index (χ4n) is 1.61. The molecule has 0 spiro atoms. The van der Waals surface area contributed by atoms with Gasteiger partial charge < -0.3 is 10.1 Å². The van der Waals surface area contributed by atoms with Gasteiger partial charge in [0.05, 0.1) is 6.33 Å². The standard InChI is InChI=1S/C15H18ClF2NO2/c1-15(2,3)21-14(20)19-9-11(8-17)4-10-5-12(16)7-13(18)6-10/h5-8H,4,9H2,1-3H3,(H,19,20). The summed E-state index contributed by atoms with van der Waals surface area (Å²) in [5.74, 6) is -0.490. The quantitative estimate of drug-likeness (QED) is 0.894. The second kappa shape index (κ2) is 7.41. The molecule has 0 aliphatic heterocycles. The van der Waals surface area contributed by atoms with Crippen molar-refractivity contribution in [2.24, 2.45) is 0 Å². The predicted molar refractivity (Wildman–Crippen MR) is 78.5 cm³/mol. The third-order valence-electron chi connectivity index (χ3n) is 2.37. The van der Waals surface area contributed by atoms with Crippen LogP contribution in [0.15, 0.2) is 30.1 Å². The highest BCUT2D eigenvalue weighted by atomic mass is 35.5. The van der Waals surface area contributed by atoms with Crippen LogP contribution in [0.1, 0.15) is 26.3 Å². The number of hydrogen-bond acceptors (Lipinski definition) is 2. The zero-order chi connectivity index (χ0) is 16.0. The first-order valence-electron chi connectivity index (χ1n) is 6.39. The summed E-state index contributed by atoms with van der Waals surface area (Å²) in [7, 11) is 0. The van der Waals surface area contributed by atoms with E-state index in [9.17, 15) is 13.6 Å². The minimum absolute atomic E-state index is 0.0282. The summed E-state index contributed by atoms with van der Waals surface area (Å²) in [5, 5.41) is 2.68. The van der Waals surface area contributed by atoms with Crippen LogP contribution in [0.4, 0.5) is 13.6 Å². The molecule has 0 radical (unpaired) electrons. The van der Waals surface area contributed by atoms with E-state index in [4.69, 9.17) is 16.3 Å². The van der Waals surface area contributed by atoms with Gasteiger partial charge in [-0.2, -0.15) is 0 Å². The maximum Gasteiger partial charge on any atom is 0.407 e. The van der Waals surface area contributed by atoms with Gasteiger partial charge in [0.2, 0.25) is 0 Å². The molecule has 0 atom stereocenters. The van der Waals surface area contributed by atoms with Crippen molar-refractivity contribution in [2.45, 2.75) is 32.8 Å². The molecule has 0 heterocycles. The van der Waals surface area contributed by atoms with Crippen molar-refractivity contribution in [3.05, 3.63) is 46.5 Å². The van der Waals surface area contributed by atoms with Gasteiger partial charge in [-0.1, -0.05) is 11.6 Å². The predicted octanol–water partition coefficient (Wildman–Crippen LogP) is 4.40. The zero-order valence-electron chi connectivity index (χ0n) is 12.2. The Morgan fingerprint density at radius 2 is 2.05 bits per heavy atom. The summed E-state index contributed by atoms with van der Waals surface area (Å²) >= 11 is 5.73.